The van der Waals surface area contributed by atoms with Crippen molar-refractivity contribution in [3.05, 3.63) is 0 Å². The van der Waals surface area contributed by atoms with Crippen molar-refractivity contribution < 1.29 is 29.0 Å². The summed E-state index contributed by atoms with van der Waals surface area (Å²) in [4.78, 5) is 22.9. The van der Waals surface area contributed by atoms with E-state index >= 15 is 0 Å². The van der Waals surface area contributed by atoms with E-state index in [1.165, 1.54) is 38.5 Å². The lowest BCUT2D eigenvalue weighted by molar-refractivity contribution is -0.873. The van der Waals surface area contributed by atoms with Crippen molar-refractivity contribution in [1.29, 1.82) is 0 Å². The Balaban J connectivity index is 3.98. The molecular weight excluding hydrogens is 334 g/mol. The molecule has 0 rings (SSSR count). The first kappa shape index (κ1) is 24.9. The molecule has 154 valence electrons. The number of aliphatic carboxylic acids is 1. The van der Waals surface area contributed by atoms with Crippen LogP contribution in [-0.4, -0.2) is 66.5 Å². The lowest BCUT2D eigenvalue weighted by atomic mass is 10.0. The smallest absolute Gasteiger partial charge is 0.308 e. The molecule has 0 heterocycles. The summed E-state index contributed by atoms with van der Waals surface area (Å²) in [6.45, 7) is 2.63. The zero-order valence-electron chi connectivity index (χ0n) is 17.2. The summed E-state index contributed by atoms with van der Waals surface area (Å²) in [5, 5.41) is 19.0. The van der Waals surface area contributed by atoms with Crippen LogP contribution < -0.4 is 0 Å². The summed E-state index contributed by atoms with van der Waals surface area (Å²) in [5.74, 6) is -1.51. The zero-order valence-corrected chi connectivity index (χ0v) is 17.2. The van der Waals surface area contributed by atoms with Gasteiger partial charge in [0.1, 0.15) is 6.54 Å². The second kappa shape index (κ2) is 14.0. The Labute approximate surface area is 159 Å². The Bertz CT molecular complexity index is 392. The molecule has 0 saturated carbocycles. The number of aliphatic hydroxyl groups is 1. The molecule has 1 unspecified atom stereocenters. The first-order chi connectivity index (χ1) is 12.1. The van der Waals surface area contributed by atoms with Gasteiger partial charge in [-0.3, -0.25) is 9.59 Å². The van der Waals surface area contributed by atoms with E-state index in [1.807, 2.05) is 21.1 Å². The predicted molar refractivity (Wildman–Crippen MR) is 103 cm³/mol. The molecule has 2 atom stereocenters. The number of hydrogen-bond donors (Lipinski definition) is 2. The maximum Gasteiger partial charge on any atom is 0.308 e. The molecule has 26 heavy (non-hydrogen) atoms. The van der Waals surface area contributed by atoms with Gasteiger partial charge < -0.3 is 19.4 Å². The second-order valence-corrected chi connectivity index (χ2v) is 8.30. The molecule has 0 radical (unpaired) electrons. The van der Waals surface area contributed by atoms with Crippen molar-refractivity contribution in [1.82, 2.24) is 0 Å². The molecule has 6 nitrogen and oxygen atoms in total. The topological polar surface area (TPSA) is 83.8 Å². The van der Waals surface area contributed by atoms with E-state index in [-0.39, 0.29) is 12.8 Å². The van der Waals surface area contributed by atoms with Crippen LogP contribution >= 0.6 is 0 Å². The molecule has 2 N–H and O–H groups in total. The standard InChI is InChI=1S/C20H39NO5/c1-5-6-7-8-9-10-11-12-13-17(22)14-20(25)26-18(15-19(23)24)16-21(2,3)4/h17-18,22H,5-16H2,1-4H3/p+1/t17?,18-/m0/s1. The van der Waals surface area contributed by atoms with Crippen LogP contribution in [0, 0.1) is 0 Å². The van der Waals surface area contributed by atoms with Crippen molar-refractivity contribution in [2.75, 3.05) is 27.7 Å². The zero-order chi connectivity index (χ0) is 20.0. The van der Waals surface area contributed by atoms with Gasteiger partial charge in [-0.05, 0) is 6.42 Å². The number of hydrogen-bond acceptors (Lipinski definition) is 4. The number of unbranched alkanes of at least 4 members (excludes halogenated alkanes) is 7. The highest BCUT2D eigenvalue weighted by molar-refractivity contribution is 5.71. The maximum absolute atomic E-state index is 12.0. The van der Waals surface area contributed by atoms with Gasteiger partial charge in [-0.25, -0.2) is 0 Å². The van der Waals surface area contributed by atoms with Crippen molar-refractivity contribution in [2.45, 2.75) is 89.8 Å². The summed E-state index contributed by atoms with van der Waals surface area (Å²) in [6.07, 6.45) is 8.44. The van der Waals surface area contributed by atoms with Crippen molar-refractivity contribution in [2.24, 2.45) is 0 Å². The van der Waals surface area contributed by atoms with Crippen molar-refractivity contribution in [3.8, 4) is 0 Å². The number of carboxylic acid groups (broad SMARTS) is 1. The Morgan fingerprint density at radius 2 is 1.46 bits per heavy atom. The van der Waals surface area contributed by atoms with E-state index in [4.69, 9.17) is 9.84 Å². The number of likely N-dealkylation sites (N-methyl/N-ethyl adjacent to an activating group) is 1. The van der Waals surface area contributed by atoms with Crippen molar-refractivity contribution in [3.63, 3.8) is 0 Å². The van der Waals surface area contributed by atoms with E-state index in [2.05, 4.69) is 6.92 Å². The fourth-order valence-electron chi connectivity index (χ4n) is 2.99. The fourth-order valence-corrected chi connectivity index (χ4v) is 2.99. The minimum absolute atomic E-state index is 0.0657. The van der Waals surface area contributed by atoms with Crippen LogP contribution in [0.1, 0.15) is 77.6 Å². The van der Waals surface area contributed by atoms with E-state index in [9.17, 15) is 14.7 Å². The Morgan fingerprint density at radius 3 is 1.96 bits per heavy atom. The first-order valence-electron chi connectivity index (χ1n) is 10.0. The highest BCUT2D eigenvalue weighted by Crippen LogP contribution is 2.13. The number of ether oxygens (including phenoxy) is 1. The number of quaternary nitrogens is 1. The molecule has 0 bridgehead atoms. The number of carboxylic acids is 1. The van der Waals surface area contributed by atoms with Gasteiger partial charge in [0.2, 0.25) is 0 Å². The summed E-state index contributed by atoms with van der Waals surface area (Å²) >= 11 is 0. The number of carbonyl (C=O) groups is 2. The summed E-state index contributed by atoms with van der Waals surface area (Å²) < 4.78 is 5.80. The largest absolute Gasteiger partial charge is 0.481 e. The average Bonchev–Trinajstić information content (AvgIpc) is 2.47. The lowest BCUT2D eigenvalue weighted by Crippen LogP contribution is -2.44. The second-order valence-electron chi connectivity index (χ2n) is 8.30. The van der Waals surface area contributed by atoms with Gasteiger partial charge >= 0.3 is 11.9 Å². The van der Waals surface area contributed by atoms with Crippen LogP contribution in [0.5, 0.6) is 0 Å². The quantitative estimate of drug-likeness (QED) is 0.246. The SMILES string of the molecule is CCCCCCCCCCC(O)CC(=O)O[C@@H](CC(=O)O)C[N+](C)(C)C. The molecular formula is C20H40NO5+. The number of rotatable bonds is 16. The molecule has 0 amide bonds. The summed E-state index contributed by atoms with van der Waals surface area (Å²) in [7, 11) is 5.75. The van der Waals surface area contributed by atoms with Gasteiger partial charge in [-0.15, -0.1) is 0 Å². The summed E-state index contributed by atoms with van der Waals surface area (Å²) in [5.41, 5.74) is 0. The number of nitrogens with zero attached hydrogens (tertiary/aromatic N) is 1. The molecule has 0 fully saturated rings. The highest BCUT2D eigenvalue weighted by atomic mass is 16.5. The third kappa shape index (κ3) is 16.3. The molecule has 0 aromatic carbocycles. The molecule has 0 aromatic heterocycles. The molecule has 0 aliphatic rings. The minimum atomic E-state index is -0.990. The number of carbonyl (C=O) groups excluding carboxylic acids is 1. The Morgan fingerprint density at radius 1 is 0.923 bits per heavy atom. The fraction of sp³-hybridized carbons (Fsp3) is 0.900. The number of esters is 1. The highest BCUT2D eigenvalue weighted by Gasteiger charge is 2.25. The van der Waals surface area contributed by atoms with Gasteiger partial charge in [0, 0.05) is 0 Å². The normalized spacial score (nSPS) is 14.0. The molecule has 0 aliphatic heterocycles. The van der Waals surface area contributed by atoms with E-state index in [0.29, 0.717) is 17.4 Å². The van der Waals surface area contributed by atoms with Crippen LogP contribution in [-0.2, 0) is 14.3 Å². The monoisotopic (exact) mass is 374 g/mol. The van der Waals surface area contributed by atoms with E-state index in [0.717, 1.165) is 12.8 Å². The Hall–Kier alpha value is -1.14. The molecule has 0 spiro atoms. The van der Waals surface area contributed by atoms with Crippen LogP contribution in [0.15, 0.2) is 0 Å². The molecule has 0 aromatic rings. The molecule has 6 heteroatoms. The van der Waals surface area contributed by atoms with Crippen LogP contribution in [0.25, 0.3) is 0 Å². The van der Waals surface area contributed by atoms with E-state index in [1.54, 1.807) is 0 Å². The number of aliphatic hydroxyl groups excluding tert-OH is 1. The average molecular weight is 375 g/mol. The van der Waals surface area contributed by atoms with Gasteiger partial charge in [0.05, 0.1) is 40.1 Å². The van der Waals surface area contributed by atoms with Crippen LogP contribution in [0.3, 0.4) is 0 Å². The predicted octanol–water partition coefficient (Wildman–Crippen LogP) is 3.36. The Kier molecular flexibility index (Phi) is 13.4. The first-order valence-corrected chi connectivity index (χ1v) is 10.0. The van der Waals surface area contributed by atoms with Crippen LogP contribution in [0.2, 0.25) is 0 Å². The van der Waals surface area contributed by atoms with Gasteiger partial charge in [-0.2, -0.15) is 0 Å². The van der Waals surface area contributed by atoms with Gasteiger partial charge in [-0.1, -0.05) is 58.3 Å². The minimum Gasteiger partial charge on any atom is -0.481 e. The van der Waals surface area contributed by atoms with Gasteiger partial charge in [0.15, 0.2) is 6.10 Å². The third-order valence-corrected chi connectivity index (χ3v) is 4.24. The van der Waals surface area contributed by atoms with Crippen molar-refractivity contribution >= 4 is 11.9 Å². The summed E-state index contributed by atoms with van der Waals surface area (Å²) in [6, 6.07) is 0. The van der Waals surface area contributed by atoms with Gasteiger partial charge in [0.25, 0.3) is 0 Å². The maximum atomic E-state index is 12.0. The van der Waals surface area contributed by atoms with E-state index < -0.39 is 24.1 Å². The van der Waals surface area contributed by atoms with Crippen LogP contribution in [0.4, 0.5) is 0 Å². The molecule has 0 saturated heterocycles. The lowest BCUT2D eigenvalue weighted by Gasteiger charge is -2.28. The third-order valence-electron chi connectivity index (χ3n) is 4.24. The molecule has 0 aliphatic carbocycles.